The highest BCUT2D eigenvalue weighted by molar-refractivity contribution is 7.99. The molecular formula is C25H39N5O7S. The first-order chi connectivity index (χ1) is 17.8. The average molecular weight is 554 g/mol. The molecule has 0 unspecified atom stereocenters. The summed E-state index contributed by atoms with van der Waals surface area (Å²) in [6, 6.07) is -0.963. The van der Waals surface area contributed by atoms with Crippen LogP contribution in [0.15, 0.2) is 11.5 Å². The lowest BCUT2D eigenvalue weighted by Crippen LogP contribution is -2.61. The van der Waals surface area contributed by atoms with E-state index in [2.05, 4.69) is 25.8 Å². The Hall–Kier alpha value is -2.83. The molecule has 3 rings (SSSR count). The Labute approximate surface area is 227 Å². The summed E-state index contributed by atoms with van der Waals surface area (Å²) in [7, 11) is 0. The van der Waals surface area contributed by atoms with Crippen LogP contribution in [0.5, 0.6) is 0 Å². The van der Waals surface area contributed by atoms with Crippen molar-refractivity contribution in [3.63, 3.8) is 0 Å². The second-order valence-corrected chi connectivity index (χ2v) is 12.3. The molecule has 0 aromatic carbocycles. The second kappa shape index (κ2) is 11.9. The normalized spacial score (nSPS) is 26.7. The summed E-state index contributed by atoms with van der Waals surface area (Å²) in [6.45, 7) is 12.7. The van der Waals surface area contributed by atoms with Crippen molar-refractivity contribution >= 4 is 35.7 Å². The van der Waals surface area contributed by atoms with Gasteiger partial charge in [0.1, 0.15) is 23.5 Å². The van der Waals surface area contributed by atoms with Gasteiger partial charge in [-0.1, -0.05) is 25.6 Å². The highest BCUT2D eigenvalue weighted by atomic mass is 32.2. The zero-order chi connectivity index (χ0) is 28.3. The Balaban J connectivity index is 1.92. The first-order valence-electron chi connectivity index (χ1n) is 13.0. The van der Waals surface area contributed by atoms with Crippen LogP contribution in [-0.4, -0.2) is 74.8 Å². The quantitative estimate of drug-likeness (QED) is 0.274. The number of rotatable bonds is 11. The molecule has 212 valence electrons. The van der Waals surface area contributed by atoms with E-state index in [4.69, 9.17) is 14.2 Å². The van der Waals surface area contributed by atoms with Gasteiger partial charge in [-0.3, -0.25) is 14.7 Å². The number of hydrogen-bond donors (Lipinski definition) is 3. The van der Waals surface area contributed by atoms with Gasteiger partial charge in [0, 0.05) is 11.2 Å². The number of fused-ring (bicyclic) bond motifs is 1. The average Bonchev–Trinajstić information content (AvgIpc) is 3.19. The van der Waals surface area contributed by atoms with Crippen LogP contribution in [-0.2, 0) is 28.6 Å². The molecule has 38 heavy (non-hydrogen) atoms. The van der Waals surface area contributed by atoms with Crippen molar-refractivity contribution in [1.82, 2.24) is 25.8 Å². The van der Waals surface area contributed by atoms with Crippen molar-refractivity contribution in [3.8, 4) is 0 Å². The molecule has 1 aromatic heterocycles. The third-order valence-electron chi connectivity index (χ3n) is 6.51. The van der Waals surface area contributed by atoms with Gasteiger partial charge >= 0.3 is 18.0 Å². The van der Waals surface area contributed by atoms with E-state index in [0.29, 0.717) is 11.6 Å². The Bertz CT molecular complexity index is 1010. The fraction of sp³-hybridized carbons (Fsp3) is 0.760. The number of H-pyrrole nitrogens is 1. The molecule has 1 heterocycles. The van der Waals surface area contributed by atoms with Gasteiger partial charge in [0.05, 0.1) is 19.1 Å². The summed E-state index contributed by atoms with van der Waals surface area (Å²) in [5.74, 6) is -2.87. The number of thioether (sulfide) groups is 1. The maximum Gasteiger partial charge on any atom is 0.408 e. The Morgan fingerprint density at radius 3 is 2.42 bits per heavy atom. The number of alkyl carbamates (subject to hydrolysis) is 1. The van der Waals surface area contributed by atoms with E-state index < -0.39 is 53.0 Å². The maximum atomic E-state index is 13.7. The van der Waals surface area contributed by atoms with Gasteiger partial charge in [0.15, 0.2) is 5.16 Å². The van der Waals surface area contributed by atoms with Gasteiger partial charge in [0.25, 0.3) is 0 Å². The number of hydrogen-bond acceptors (Lipinski definition) is 10. The van der Waals surface area contributed by atoms with E-state index in [9.17, 15) is 19.2 Å². The van der Waals surface area contributed by atoms with Crippen LogP contribution in [0.3, 0.4) is 0 Å². The number of aromatic amines is 1. The van der Waals surface area contributed by atoms with Crippen LogP contribution in [0.2, 0.25) is 0 Å². The van der Waals surface area contributed by atoms with E-state index >= 15 is 0 Å². The molecule has 2 saturated carbocycles. The van der Waals surface area contributed by atoms with Gasteiger partial charge in [-0.25, -0.2) is 14.6 Å². The lowest BCUT2D eigenvalue weighted by molar-refractivity contribution is -0.156. The highest BCUT2D eigenvalue weighted by Crippen LogP contribution is 2.66. The summed E-state index contributed by atoms with van der Waals surface area (Å²) in [6.07, 6.45) is 1.18. The fourth-order valence-electron chi connectivity index (χ4n) is 5.20. The third-order valence-corrected chi connectivity index (χ3v) is 7.72. The molecule has 2 aliphatic carbocycles. The number of ether oxygens (including phenoxy) is 3. The van der Waals surface area contributed by atoms with Gasteiger partial charge in [-0.2, -0.15) is 5.10 Å². The first kappa shape index (κ1) is 29.7. The lowest BCUT2D eigenvalue weighted by Gasteiger charge is -2.34. The third kappa shape index (κ3) is 6.78. The second-order valence-electron chi connectivity index (χ2n) is 11.0. The topological polar surface area (TPSA) is 162 Å². The van der Waals surface area contributed by atoms with Gasteiger partial charge in [-0.15, -0.1) is 0 Å². The van der Waals surface area contributed by atoms with Crippen LogP contribution in [0.1, 0.15) is 61.3 Å². The minimum atomic E-state index is -1.47. The summed E-state index contributed by atoms with van der Waals surface area (Å²) in [4.78, 5) is 56.8. The van der Waals surface area contributed by atoms with Crippen molar-refractivity contribution in [3.05, 3.63) is 6.33 Å². The van der Waals surface area contributed by atoms with Gasteiger partial charge in [-0.05, 0) is 59.3 Å². The van der Waals surface area contributed by atoms with Crippen molar-refractivity contribution in [2.45, 2.75) is 88.9 Å². The predicted octanol–water partition coefficient (Wildman–Crippen LogP) is 2.45. The van der Waals surface area contributed by atoms with Crippen LogP contribution < -0.4 is 10.6 Å². The fourth-order valence-corrected chi connectivity index (χ4v) is 6.54. The number of amides is 2. The SMILES string of the molecule is CCOC(=O)[C@H]1[C@H]2[C@@H]1[C@](NC(=O)[C@H](CC(C)C)NC(=O)OC(C)(C)C)(C(=O)OCC)C[C@@H]2Sc1ncn[nH]1. The lowest BCUT2D eigenvalue weighted by atomic mass is 9.89. The zero-order valence-electron chi connectivity index (χ0n) is 23.0. The summed E-state index contributed by atoms with van der Waals surface area (Å²) < 4.78 is 16.1. The maximum absolute atomic E-state index is 13.7. The van der Waals surface area contributed by atoms with E-state index in [0.717, 1.165) is 0 Å². The molecule has 0 radical (unpaired) electrons. The molecule has 1 aromatic rings. The van der Waals surface area contributed by atoms with E-state index in [1.54, 1.807) is 34.6 Å². The molecule has 6 atom stereocenters. The molecule has 13 heteroatoms. The zero-order valence-corrected chi connectivity index (χ0v) is 23.8. The molecule has 2 amide bonds. The van der Waals surface area contributed by atoms with Crippen LogP contribution in [0.25, 0.3) is 0 Å². The molecule has 0 spiro atoms. The number of aromatic nitrogens is 3. The van der Waals surface area contributed by atoms with Crippen molar-refractivity contribution in [2.75, 3.05) is 13.2 Å². The van der Waals surface area contributed by atoms with Crippen LogP contribution in [0, 0.1) is 23.7 Å². The highest BCUT2D eigenvalue weighted by Gasteiger charge is 2.76. The Kier molecular flexibility index (Phi) is 9.32. The summed E-state index contributed by atoms with van der Waals surface area (Å²) >= 11 is 1.36. The molecule has 0 bridgehead atoms. The minimum absolute atomic E-state index is 0.0542. The van der Waals surface area contributed by atoms with Crippen molar-refractivity contribution < 1.29 is 33.4 Å². The predicted molar refractivity (Wildman–Crippen MR) is 138 cm³/mol. The van der Waals surface area contributed by atoms with E-state index in [-0.39, 0.29) is 36.7 Å². The number of carbonyl (C=O) groups excluding carboxylic acids is 4. The Morgan fingerprint density at radius 1 is 1.18 bits per heavy atom. The number of nitrogens with one attached hydrogen (secondary N) is 3. The standard InChI is InChI=1S/C25H39N5O7S/c1-8-35-20(32)17-16-15(38-22-26-12-27-30-22)11-25(18(16)17,21(33)36-9-2)29-19(31)14(10-13(3)4)28-23(34)37-24(5,6)7/h12-18H,8-11H2,1-7H3,(H,28,34)(H,29,31)(H,26,27,30)/t14-,15-,16-,17-,18-,25-/m0/s1. The largest absolute Gasteiger partial charge is 0.466 e. The number of esters is 2. The van der Waals surface area contributed by atoms with E-state index in [1.807, 2.05) is 13.8 Å². The van der Waals surface area contributed by atoms with E-state index in [1.165, 1.54) is 18.1 Å². The smallest absolute Gasteiger partial charge is 0.408 e. The van der Waals surface area contributed by atoms with Gasteiger partial charge in [0.2, 0.25) is 5.91 Å². The molecule has 0 aliphatic heterocycles. The molecule has 0 saturated heterocycles. The molecule has 2 aliphatic rings. The van der Waals surface area contributed by atoms with Gasteiger partial charge < -0.3 is 24.8 Å². The van der Waals surface area contributed by atoms with Crippen LogP contribution >= 0.6 is 11.8 Å². The van der Waals surface area contributed by atoms with Crippen LogP contribution in [0.4, 0.5) is 4.79 Å². The van der Waals surface area contributed by atoms with Crippen molar-refractivity contribution in [1.29, 1.82) is 0 Å². The number of nitrogens with zero attached hydrogens (tertiary/aromatic N) is 2. The molecule has 2 fully saturated rings. The minimum Gasteiger partial charge on any atom is -0.466 e. The molecule has 3 N–H and O–H groups in total. The van der Waals surface area contributed by atoms with Crippen molar-refractivity contribution in [2.24, 2.45) is 23.7 Å². The summed E-state index contributed by atoms with van der Waals surface area (Å²) in [5, 5.41) is 12.6. The summed E-state index contributed by atoms with van der Waals surface area (Å²) in [5.41, 5.74) is -2.22. The molecular weight excluding hydrogens is 514 g/mol. The monoisotopic (exact) mass is 553 g/mol. The first-order valence-corrected chi connectivity index (χ1v) is 13.9. The molecule has 12 nitrogen and oxygen atoms in total. The Morgan fingerprint density at radius 2 is 1.87 bits per heavy atom. The number of carbonyl (C=O) groups is 4.